The maximum Gasteiger partial charge on any atom is 0.673 e. The average Bonchev–Trinajstić information content (AvgIpc) is 2.27. The van der Waals surface area contributed by atoms with E-state index in [0.717, 1.165) is 6.54 Å². The van der Waals surface area contributed by atoms with Crippen molar-refractivity contribution in [2.24, 2.45) is 0 Å². The minimum Gasteiger partial charge on any atom is -0.418 e. The standard InChI is InChI=1S/C12H12N.BF4/c1-2-8-13-9-7-11-5-3-4-6-12(11)10-13;2-1(3,4)5/h2-7,9-10H,1,8H2;/q+1;-1. The Morgan fingerprint density at radius 2 is 1.61 bits per heavy atom. The van der Waals surface area contributed by atoms with Gasteiger partial charge in [-0.2, -0.15) is 0 Å². The van der Waals surface area contributed by atoms with Crippen LogP contribution in [0.25, 0.3) is 10.8 Å². The van der Waals surface area contributed by atoms with Crippen LogP contribution >= 0.6 is 0 Å². The molecule has 0 fully saturated rings. The quantitative estimate of drug-likeness (QED) is 0.335. The smallest absolute Gasteiger partial charge is 0.418 e. The van der Waals surface area contributed by atoms with Gasteiger partial charge in [0.2, 0.25) is 0 Å². The van der Waals surface area contributed by atoms with Gasteiger partial charge >= 0.3 is 7.25 Å². The predicted octanol–water partition coefficient (Wildman–Crippen LogP) is 3.61. The van der Waals surface area contributed by atoms with Crippen molar-refractivity contribution in [3.8, 4) is 0 Å². The normalized spacial score (nSPS) is 10.7. The van der Waals surface area contributed by atoms with Gasteiger partial charge in [-0.25, -0.2) is 4.57 Å². The number of halogens is 4. The van der Waals surface area contributed by atoms with E-state index in [0.29, 0.717) is 0 Å². The van der Waals surface area contributed by atoms with E-state index in [9.17, 15) is 17.3 Å². The molecular formula is C12H12BF4N. The Balaban J connectivity index is 0.000000280. The Morgan fingerprint density at radius 3 is 2.17 bits per heavy atom. The summed E-state index contributed by atoms with van der Waals surface area (Å²) in [5.41, 5.74) is 0. The molecule has 0 saturated heterocycles. The Morgan fingerprint density at radius 1 is 1.06 bits per heavy atom. The summed E-state index contributed by atoms with van der Waals surface area (Å²) in [7, 11) is -6.00. The molecule has 0 bridgehead atoms. The van der Waals surface area contributed by atoms with Crippen LogP contribution in [0.1, 0.15) is 0 Å². The number of pyridine rings is 1. The first-order chi connectivity index (χ1) is 8.40. The fourth-order valence-electron chi connectivity index (χ4n) is 1.44. The number of benzene rings is 1. The fraction of sp³-hybridized carbons (Fsp3) is 0.0833. The fourth-order valence-corrected chi connectivity index (χ4v) is 1.44. The lowest BCUT2D eigenvalue weighted by Crippen LogP contribution is -2.31. The molecule has 96 valence electrons. The van der Waals surface area contributed by atoms with E-state index in [1.807, 2.05) is 6.08 Å². The minimum absolute atomic E-state index is 0.866. The summed E-state index contributed by atoms with van der Waals surface area (Å²) in [6.07, 6.45) is 6.11. The van der Waals surface area contributed by atoms with Crippen molar-refractivity contribution in [3.05, 3.63) is 55.4 Å². The second-order valence-electron chi connectivity index (χ2n) is 3.55. The van der Waals surface area contributed by atoms with Crippen LogP contribution < -0.4 is 4.57 Å². The lowest BCUT2D eigenvalue weighted by molar-refractivity contribution is -0.685. The number of hydrogen-bond acceptors (Lipinski definition) is 0. The first-order valence-corrected chi connectivity index (χ1v) is 5.26. The number of aromatic nitrogens is 1. The molecular weight excluding hydrogens is 245 g/mol. The zero-order valence-corrected chi connectivity index (χ0v) is 9.57. The first-order valence-electron chi connectivity index (χ1n) is 5.26. The van der Waals surface area contributed by atoms with E-state index in [2.05, 4.69) is 53.9 Å². The Kier molecular flexibility index (Phi) is 4.89. The minimum atomic E-state index is -6.00. The van der Waals surface area contributed by atoms with Crippen molar-refractivity contribution >= 4 is 18.0 Å². The Labute approximate surface area is 102 Å². The summed E-state index contributed by atoms with van der Waals surface area (Å²) in [6, 6.07) is 10.5. The molecule has 18 heavy (non-hydrogen) atoms. The highest BCUT2D eigenvalue weighted by atomic mass is 19.5. The maximum atomic E-state index is 9.75. The molecule has 0 amide bonds. The van der Waals surface area contributed by atoms with Gasteiger partial charge in [0.15, 0.2) is 18.9 Å². The molecule has 0 aliphatic heterocycles. The van der Waals surface area contributed by atoms with Crippen LogP contribution in [0, 0.1) is 0 Å². The highest BCUT2D eigenvalue weighted by Gasteiger charge is 2.20. The summed E-state index contributed by atoms with van der Waals surface area (Å²) in [6.45, 7) is 4.58. The third kappa shape index (κ3) is 5.47. The molecule has 0 spiro atoms. The average molecular weight is 257 g/mol. The molecule has 0 saturated carbocycles. The number of hydrogen-bond donors (Lipinski definition) is 0. The van der Waals surface area contributed by atoms with Crippen molar-refractivity contribution in [3.63, 3.8) is 0 Å². The van der Waals surface area contributed by atoms with Crippen molar-refractivity contribution in [2.75, 3.05) is 0 Å². The molecule has 1 aromatic heterocycles. The van der Waals surface area contributed by atoms with Gasteiger partial charge in [0, 0.05) is 11.5 Å². The van der Waals surface area contributed by atoms with Gasteiger partial charge in [-0.3, -0.25) is 0 Å². The molecule has 1 nitrogen and oxygen atoms in total. The largest absolute Gasteiger partial charge is 0.673 e. The summed E-state index contributed by atoms with van der Waals surface area (Å²) in [5.74, 6) is 0. The van der Waals surface area contributed by atoms with Crippen LogP contribution in [0.4, 0.5) is 17.3 Å². The third-order valence-corrected chi connectivity index (χ3v) is 2.09. The summed E-state index contributed by atoms with van der Waals surface area (Å²) in [5, 5.41) is 2.55. The van der Waals surface area contributed by atoms with E-state index in [1.54, 1.807) is 0 Å². The van der Waals surface area contributed by atoms with Crippen LogP contribution in [-0.2, 0) is 6.54 Å². The van der Waals surface area contributed by atoms with E-state index < -0.39 is 7.25 Å². The summed E-state index contributed by atoms with van der Waals surface area (Å²) in [4.78, 5) is 0. The van der Waals surface area contributed by atoms with Crippen LogP contribution in [0.15, 0.2) is 55.4 Å². The molecule has 6 heteroatoms. The van der Waals surface area contributed by atoms with Gasteiger partial charge in [0.1, 0.15) is 0 Å². The van der Waals surface area contributed by atoms with Crippen molar-refractivity contribution in [1.82, 2.24) is 0 Å². The van der Waals surface area contributed by atoms with E-state index in [4.69, 9.17) is 0 Å². The van der Waals surface area contributed by atoms with Crippen molar-refractivity contribution in [1.29, 1.82) is 0 Å². The highest BCUT2D eigenvalue weighted by Crippen LogP contribution is 2.09. The second kappa shape index (κ2) is 6.19. The predicted molar refractivity (Wildman–Crippen MR) is 64.5 cm³/mol. The van der Waals surface area contributed by atoms with Gasteiger partial charge in [0.05, 0.1) is 0 Å². The van der Waals surface area contributed by atoms with Gasteiger partial charge < -0.3 is 17.3 Å². The highest BCUT2D eigenvalue weighted by molar-refractivity contribution is 6.50. The molecule has 2 aromatic rings. The molecule has 1 heterocycles. The van der Waals surface area contributed by atoms with Gasteiger partial charge in [0.25, 0.3) is 0 Å². The molecule has 0 unspecified atom stereocenters. The van der Waals surface area contributed by atoms with Gasteiger partial charge in [-0.15, -0.1) is 0 Å². The molecule has 0 aliphatic carbocycles. The van der Waals surface area contributed by atoms with Gasteiger partial charge in [-0.1, -0.05) is 24.8 Å². The lowest BCUT2D eigenvalue weighted by Gasteiger charge is -1.95. The summed E-state index contributed by atoms with van der Waals surface area (Å²) < 4.78 is 41.1. The van der Waals surface area contributed by atoms with Crippen molar-refractivity contribution < 1.29 is 21.8 Å². The van der Waals surface area contributed by atoms with Crippen LogP contribution in [0.2, 0.25) is 0 Å². The zero-order valence-electron chi connectivity index (χ0n) is 9.57. The monoisotopic (exact) mass is 257 g/mol. The van der Waals surface area contributed by atoms with E-state index >= 15 is 0 Å². The summed E-state index contributed by atoms with van der Waals surface area (Å²) >= 11 is 0. The molecule has 0 N–H and O–H groups in total. The number of rotatable bonds is 2. The van der Waals surface area contributed by atoms with E-state index in [-0.39, 0.29) is 0 Å². The van der Waals surface area contributed by atoms with Gasteiger partial charge in [-0.05, 0) is 17.5 Å². The Bertz CT molecular complexity index is 519. The van der Waals surface area contributed by atoms with Crippen LogP contribution in [0.3, 0.4) is 0 Å². The second-order valence-corrected chi connectivity index (χ2v) is 3.55. The maximum absolute atomic E-state index is 9.75. The number of allylic oxidation sites excluding steroid dienone is 1. The molecule has 0 aliphatic rings. The number of fused-ring (bicyclic) bond motifs is 1. The molecule has 2 rings (SSSR count). The third-order valence-electron chi connectivity index (χ3n) is 2.09. The number of nitrogens with zero attached hydrogens (tertiary/aromatic N) is 1. The van der Waals surface area contributed by atoms with Crippen LogP contribution in [-0.4, -0.2) is 7.25 Å². The molecule has 1 aromatic carbocycles. The lowest BCUT2D eigenvalue weighted by atomic mass is 10.2. The zero-order chi connectivity index (χ0) is 13.6. The SMILES string of the molecule is C=CC[n+]1ccc2ccccc2c1.F[B-](F)(F)F. The van der Waals surface area contributed by atoms with Crippen molar-refractivity contribution in [2.45, 2.75) is 6.54 Å². The Hall–Kier alpha value is -1.85. The first kappa shape index (κ1) is 14.2. The van der Waals surface area contributed by atoms with E-state index in [1.165, 1.54) is 10.8 Å². The topological polar surface area (TPSA) is 3.88 Å². The van der Waals surface area contributed by atoms with Crippen LogP contribution in [0.5, 0.6) is 0 Å². The molecule has 0 radical (unpaired) electrons. The molecule has 0 atom stereocenters.